The molecule has 0 saturated carbocycles. The molecule has 0 bridgehead atoms. The maximum Gasteiger partial charge on any atom is 0.121 e. The smallest absolute Gasteiger partial charge is 0.121 e. The van der Waals surface area contributed by atoms with Gasteiger partial charge in [-0.15, -0.1) is 0 Å². The summed E-state index contributed by atoms with van der Waals surface area (Å²) in [5, 5.41) is 11.9. The van der Waals surface area contributed by atoms with Crippen LogP contribution < -0.4 is 9.47 Å². The van der Waals surface area contributed by atoms with Gasteiger partial charge in [-0.3, -0.25) is 4.90 Å². The zero-order valence-corrected chi connectivity index (χ0v) is 21.8. The standard InChI is InChI=1S/C27H33Cl2N3O3/c1-20(2)26-30-11-14-32(26)15-16-34-22-5-3-21(4-6-22)18-31-12-9-27(33,10-13-31)19-35-23-7-8-24(28)25(29)17-23/h3-8,11,14,17,20,33H,9-10,12-13,15-16,18-19H2,1-2H3. The average molecular weight is 518 g/mol. The van der Waals surface area contributed by atoms with Crippen molar-refractivity contribution < 1.29 is 14.6 Å². The fourth-order valence-electron chi connectivity index (χ4n) is 4.28. The summed E-state index contributed by atoms with van der Waals surface area (Å²) in [6, 6.07) is 13.4. The van der Waals surface area contributed by atoms with Gasteiger partial charge < -0.3 is 19.1 Å². The van der Waals surface area contributed by atoms with E-state index in [1.54, 1.807) is 18.2 Å². The highest BCUT2D eigenvalue weighted by molar-refractivity contribution is 6.42. The molecule has 3 aromatic rings. The molecule has 0 unspecified atom stereocenters. The number of halogens is 2. The number of ether oxygens (including phenoxy) is 2. The van der Waals surface area contributed by atoms with Gasteiger partial charge in [0.15, 0.2) is 0 Å². The molecule has 1 aliphatic heterocycles. The van der Waals surface area contributed by atoms with Gasteiger partial charge in [0.25, 0.3) is 0 Å². The summed E-state index contributed by atoms with van der Waals surface area (Å²) in [4.78, 5) is 6.78. The van der Waals surface area contributed by atoms with E-state index >= 15 is 0 Å². The van der Waals surface area contributed by atoms with Crippen molar-refractivity contribution in [2.45, 2.75) is 51.3 Å². The summed E-state index contributed by atoms with van der Waals surface area (Å²) >= 11 is 12.0. The van der Waals surface area contributed by atoms with E-state index in [-0.39, 0.29) is 6.61 Å². The van der Waals surface area contributed by atoms with Crippen LogP contribution in [0.2, 0.25) is 10.0 Å². The van der Waals surface area contributed by atoms with Gasteiger partial charge in [0.1, 0.15) is 36.1 Å². The maximum absolute atomic E-state index is 10.9. The van der Waals surface area contributed by atoms with E-state index in [2.05, 4.69) is 40.4 Å². The van der Waals surface area contributed by atoms with Crippen LogP contribution in [0.15, 0.2) is 54.9 Å². The number of aromatic nitrogens is 2. The molecule has 1 aromatic heterocycles. The largest absolute Gasteiger partial charge is 0.492 e. The molecule has 1 fully saturated rings. The van der Waals surface area contributed by atoms with E-state index in [4.69, 9.17) is 32.7 Å². The van der Waals surface area contributed by atoms with Crippen LogP contribution in [0.5, 0.6) is 11.5 Å². The Morgan fingerprint density at radius 3 is 2.40 bits per heavy atom. The first-order chi connectivity index (χ1) is 16.8. The van der Waals surface area contributed by atoms with Gasteiger partial charge in [-0.25, -0.2) is 4.98 Å². The predicted molar refractivity (Wildman–Crippen MR) is 140 cm³/mol. The Hall–Kier alpha value is -2.25. The van der Waals surface area contributed by atoms with E-state index in [9.17, 15) is 5.11 Å². The summed E-state index contributed by atoms with van der Waals surface area (Å²) in [6.07, 6.45) is 5.15. The Bertz CT molecular complexity index is 1090. The van der Waals surface area contributed by atoms with Crippen molar-refractivity contribution in [3.05, 3.63) is 76.3 Å². The number of piperidine rings is 1. The summed E-state index contributed by atoms with van der Waals surface area (Å²) in [5.74, 6) is 2.96. The van der Waals surface area contributed by atoms with Gasteiger partial charge in [0.05, 0.1) is 16.6 Å². The molecule has 0 spiro atoms. The number of nitrogens with zero attached hydrogens (tertiary/aromatic N) is 3. The van der Waals surface area contributed by atoms with Crippen molar-refractivity contribution in [2.75, 3.05) is 26.3 Å². The van der Waals surface area contributed by atoms with Gasteiger partial charge in [-0.2, -0.15) is 0 Å². The highest BCUT2D eigenvalue weighted by Gasteiger charge is 2.33. The number of benzene rings is 2. The molecular formula is C27H33Cl2N3O3. The summed E-state index contributed by atoms with van der Waals surface area (Å²) in [6.45, 7) is 8.37. The van der Waals surface area contributed by atoms with Crippen LogP contribution in [-0.4, -0.2) is 51.5 Å². The first-order valence-corrected chi connectivity index (χ1v) is 12.8. The number of imidazole rings is 1. The molecule has 8 heteroatoms. The molecule has 6 nitrogen and oxygen atoms in total. The zero-order chi connectivity index (χ0) is 24.8. The Labute approximate surface area is 217 Å². The third-order valence-electron chi connectivity index (χ3n) is 6.38. The molecule has 2 aromatic carbocycles. The normalized spacial score (nSPS) is 15.9. The van der Waals surface area contributed by atoms with E-state index < -0.39 is 5.60 Å². The summed E-state index contributed by atoms with van der Waals surface area (Å²) in [5.41, 5.74) is 0.386. The molecule has 2 heterocycles. The first-order valence-electron chi connectivity index (χ1n) is 12.1. The highest BCUT2D eigenvalue weighted by atomic mass is 35.5. The zero-order valence-electron chi connectivity index (χ0n) is 20.3. The number of aliphatic hydroxyl groups is 1. The van der Waals surface area contributed by atoms with E-state index in [0.29, 0.717) is 41.2 Å². The van der Waals surface area contributed by atoms with Crippen LogP contribution in [0, 0.1) is 0 Å². The van der Waals surface area contributed by atoms with Gasteiger partial charge >= 0.3 is 0 Å². The van der Waals surface area contributed by atoms with Crippen LogP contribution in [0.1, 0.15) is 44.0 Å². The molecule has 1 saturated heterocycles. The fourth-order valence-corrected chi connectivity index (χ4v) is 4.57. The van der Waals surface area contributed by atoms with Crippen LogP contribution in [0.4, 0.5) is 0 Å². The lowest BCUT2D eigenvalue weighted by atomic mass is 9.92. The molecule has 1 aliphatic rings. The Morgan fingerprint density at radius 1 is 1.00 bits per heavy atom. The second-order valence-electron chi connectivity index (χ2n) is 9.49. The molecule has 0 aliphatic carbocycles. The Kier molecular flexibility index (Phi) is 8.60. The summed E-state index contributed by atoms with van der Waals surface area (Å²) in [7, 11) is 0. The van der Waals surface area contributed by atoms with E-state index in [0.717, 1.165) is 37.8 Å². The van der Waals surface area contributed by atoms with Crippen LogP contribution in [0.3, 0.4) is 0 Å². The minimum atomic E-state index is -0.842. The van der Waals surface area contributed by atoms with Crippen molar-refractivity contribution >= 4 is 23.2 Å². The molecule has 0 amide bonds. The van der Waals surface area contributed by atoms with Crippen molar-refractivity contribution in [2.24, 2.45) is 0 Å². The van der Waals surface area contributed by atoms with Gasteiger partial charge in [-0.1, -0.05) is 49.2 Å². The van der Waals surface area contributed by atoms with Crippen molar-refractivity contribution in [1.29, 1.82) is 0 Å². The molecular weight excluding hydrogens is 485 g/mol. The monoisotopic (exact) mass is 517 g/mol. The third-order valence-corrected chi connectivity index (χ3v) is 7.12. The lowest BCUT2D eigenvalue weighted by Gasteiger charge is -2.38. The Morgan fingerprint density at radius 2 is 1.71 bits per heavy atom. The molecule has 4 rings (SSSR count). The van der Waals surface area contributed by atoms with E-state index in [1.165, 1.54) is 5.56 Å². The lowest BCUT2D eigenvalue weighted by molar-refractivity contribution is -0.0537. The molecule has 1 N–H and O–H groups in total. The number of hydrogen-bond acceptors (Lipinski definition) is 5. The van der Waals surface area contributed by atoms with Gasteiger partial charge in [-0.05, 0) is 42.7 Å². The number of likely N-dealkylation sites (tertiary alicyclic amines) is 1. The van der Waals surface area contributed by atoms with Crippen LogP contribution in [0.25, 0.3) is 0 Å². The van der Waals surface area contributed by atoms with E-state index in [1.807, 2.05) is 24.5 Å². The Balaban J connectivity index is 1.19. The molecule has 188 valence electrons. The van der Waals surface area contributed by atoms with Gasteiger partial charge in [0.2, 0.25) is 0 Å². The lowest BCUT2D eigenvalue weighted by Crippen LogP contribution is -2.47. The second-order valence-corrected chi connectivity index (χ2v) is 10.3. The average Bonchev–Trinajstić information content (AvgIpc) is 3.32. The van der Waals surface area contributed by atoms with Gasteiger partial charge in [0, 0.05) is 44.0 Å². The molecule has 0 atom stereocenters. The maximum atomic E-state index is 10.9. The minimum Gasteiger partial charge on any atom is -0.492 e. The SMILES string of the molecule is CC(C)c1nccn1CCOc1ccc(CN2CCC(O)(COc3ccc(Cl)c(Cl)c3)CC2)cc1. The van der Waals surface area contributed by atoms with Crippen molar-refractivity contribution in [1.82, 2.24) is 14.5 Å². The third kappa shape index (κ3) is 7.14. The predicted octanol–water partition coefficient (Wildman–Crippen LogP) is 5.80. The topological polar surface area (TPSA) is 59.8 Å². The first kappa shape index (κ1) is 25.8. The van der Waals surface area contributed by atoms with Crippen LogP contribution in [-0.2, 0) is 13.1 Å². The highest BCUT2D eigenvalue weighted by Crippen LogP contribution is 2.29. The fraction of sp³-hybridized carbons (Fsp3) is 0.444. The van der Waals surface area contributed by atoms with Crippen LogP contribution >= 0.6 is 23.2 Å². The quantitative estimate of drug-likeness (QED) is 0.368. The van der Waals surface area contributed by atoms with Crippen molar-refractivity contribution in [3.8, 4) is 11.5 Å². The number of rotatable bonds is 10. The summed E-state index contributed by atoms with van der Waals surface area (Å²) < 4.78 is 13.9. The second kappa shape index (κ2) is 11.7. The minimum absolute atomic E-state index is 0.239. The molecule has 35 heavy (non-hydrogen) atoms. The molecule has 0 radical (unpaired) electrons. The van der Waals surface area contributed by atoms with Crippen molar-refractivity contribution in [3.63, 3.8) is 0 Å². The number of hydrogen-bond donors (Lipinski definition) is 1.